The highest BCUT2D eigenvalue weighted by molar-refractivity contribution is 5.75. The van der Waals surface area contributed by atoms with E-state index in [9.17, 15) is 9.59 Å². The number of nitrogens with one attached hydrogen (secondary N) is 2. The predicted molar refractivity (Wildman–Crippen MR) is 99.9 cm³/mol. The van der Waals surface area contributed by atoms with Crippen molar-refractivity contribution in [1.29, 1.82) is 0 Å². The molecule has 6 nitrogen and oxygen atoms in total. The number of amides is 3. The van der Waals surface area contributed by atoms with Gasteiger partial charge in [-0.1, -0.05) is 43.2 Å². The predicted octanol–water partition coefficient (Wildman–Crippen LogP) is 3.38. The number of rotatable bonds is 4. The van der Waals surface area contributed by atoms with Gasteiger partial charge < -0.3 is 20.3 Å². The Hall–Kier alpha value is -2.24. The van der Waals surface area contributed by atoms with Gasteiger partial charge in [-0.3, -0.25) is 0 Å². The second-order valence-corrected chi connectivity index (χ2v) is 7.21. The minimum absolute atomic E-state index is 0.0925. The molecule has 0 bridgehead atoms. The maximum absolute atomic E-state index is 12.6. The van der Waals surface area contributed by atoms with Crippen molar-refractivity contribution in [3.8, 4) is 0 Å². The molecule has 1 aromatic carbocycles. The van der Waals surface area contributed by atoms with Crippen LogP contribution in [0.25, 0.3) is 0 Å². The maximum Gasteiger partial charge on any atom is 0.409 e. The van der Waals surface area contributed by atoms with Gasteiger partial charge in [0.2, 0.25) is 0 Å². The molecule has 2 fully saturated rings. The number of hydrogen-bond donors (Lipinski definition) is 2. The third kappa shape index (κ3) is 4.29. The van der Waals surface area contributed by atoms with Crippen molar-refractivity contribution in [2.75, 3.05) is 19.7 Å². The summed E-state index contributed by atoms with van der Waals surface area (Å²) in [5.41, 5.74) is 0.932. The van der Waals surface area contributed by atoms with Gasteiger partial charge in [0.1, 0.15) is 0 Å². The molecule has 0 spiro atoms. The van der Waals surface area contributed by atoms with E-state index in [1.54, 1.807) is 4.90 Å². The first-order chi connectivity index (χ1) is 12.6. The third-order valence-corrected chi connectivity index (χ3v) is 5.49. The molecule has 1 aliphatic heterocycles. The Labute approximate surface area is 155 Å². The molecule has 0 aromatic heterocycles. The van der Waals surface area contributed by atoms with Crippen molar-refractivity contribution in [2.24, 2.45) is 0 Å². The van der Waals surface area contributed by atoms with Crippen LogP contribution in [0.3, 0.4) is 0 Å². The second-order valence-electron chi connectivity index (χ2n) is 7.21. The maximum atomic E-state index is 12.6. The van der Waals surface area contributed by atoms with Gasteiger partial charge in [-0.05, 0) is 38.2 Å². The fourth-order valence-corrected chi connectivity index (χ4v) is 4.08. The topological polar surface area (TPSA) is 70.7 Å². The summed E-state index contributed by atoms with van der Waals surface area (Å²) in [5, 5.41) is 6.36. The van der Waals surface area contributed by atoms with E-state index in [2.05, 4.69) is 22.8 Å². The van der Waals surface area contributed by atoms with Crippen molar-refractivity contribution in [3.05, 3.63) is 35.9 Å². The Morgan fingerprint density at radius 2 is 1.81 bits per heavy atom. The first-order valence-corrected chi connectivity index (χ1v) is 9.69. The van der Waals surface area contributed by atoms with Crippen LogP contribution in [-0.4, -0.2) is 42.8 Å². The summed E-state index contributed by atoms with van der Waals surface area (Å²) in [6.07, 6.45) is 5.47. The van der Waals surface area contributed by atoms with Crippen LogP contribution in [0, 0.1) is 0 Å². The van der Waals surface area contributed by atoms with E-state index in [-0.39, 0.29) is 23.7 Å². The molecule has 3 rings (SSSR count). The van der Waals surface area contributed by atoms with Crippen LogP contribution in [0.5, 0.6) is 0 Å². The number of carbonyl (C=O) groups excluding carboxylic acids is 2. The number of ether oxygens (including phenoxy) is 1. The van der Waals surface area contributed by atoms with Crippen LogP contribution in [0.15, 0.2) is 30.3 Å². The number of benzene rings is 1. The standard InChI is InChI=1S/C20H29N3O3/c1-2-26-19(25)23-14-10-17(11-15-23)21-18(24)22-20(12-6-7-13-20)16-8-4-3-5-9-16/h3-5,8-9,17H,2,6-7,10-15H2,1H3,(H2,21,22,24). The lowest BCUT2D eigenvalue weighted by molar-refractivity contribution is 0.0956. The molecule has 2 N–H and O–H groups in total. The number of carbonyl (C=O) groups is 2. The molecule has 26 heavy (non-hydrogen) atoms. The molecule has 0 radical (unpaired) electrons. The van der Waals surface area contributed by atoms with Crippen molar-refractivity contribution in [2.45, 2.75) is 57.0 Å². The van der Waals surface area contributed by atoms with Crippen LogP contribution in [0.2, 0.25) is 0 Å². The largest absolute Gasteiger partial charge is 0.450 e. The number of urea groups is 1. The van der Waals surface area contributed by atoms with Crippen LogP contribution < -0.4 is 10.6 Å². The zero-order valence-corrected chi connectivity index (χ0v) is 15.5. The SMILES string of the molecule is CCOC(=O)N1CCC(NC(=O)NC2(c3ccccc3)CCCC2)CC1. The Kier molecular flexibility index (Phi) is 6.01. The van der Waals surface area contributed by atoms with E-state index in [1.807, 2.05) is 25.1 Å². The van der Waals surface area contributed by atoms with Crippen molar-refractivity contribution in [1.82, 2.24) is 15.5 Å². The summed E-state index contributed by atoms with van der Waals surface area (Å²) in [7, 11) is 0. The Morgan fingerprint density at radius 3 is 2.42 bits per heavy atom. The molecular formula is C20H29N3O3. The summed E-state index contributed by atoms with van der Waals surface area (Å²) in [6, 6.07) is 10.2. The summed E-state index contributed by atoms with van der Waals surface area (Å²) >= 11 is 0. The van der Waals surface area contributed by atoms with Gasteiger partial charge in [-0.15, -0.1) is 0 Å². The monoisotopic (exact) mass is 359 g/mol. The number of hydrogen-bond acceptors (Lipinski definition) is 3. The van der Waals surface area contributed by atoms with Crippen molar-refractivity contribution in [3.63, 3.8) is 0 Å². The van der Waals surface area contributed by atoms with E-state index in [0.29, 0.717) is 19.7 Å². The average molecular weight is 359 g/mol. The molecule has 1 saturated carbocycles. The van der Waals surface area contributed by atoms with E-state index < -0.39 is 0 Å². The highest BCUT2D eigenvalue weighted by Crippen LogP contribution is 2.38. The number of nitrogens with zero attached hydrogens (tertiary/aromatic N) is 1. The average Bonchev–Trinajstić information content (AvgIpc) is 3.13. The van der Waals surface area contributed by atoms with Crippen LogP contribution in [0.4, 0.5) is 9.59 Å². The molecule has 6 heteroatoms. The zero-order chi connectivity index (χ0) is 18.4. The van der Waals surface area contributed by atoms with E-state index >= 15 is 0 Å². The molecule has 1 saturated heterocycles. The molecule has 1 aromatic rings. The summed E-state index contributed by atoms with van der Waals surface area (Å²) in [6.45, 7) is 3.43. The number of likely N-dealkylation sites (tertiary alicyclic amines) is 1. The smallest absolute Gasteiger partial charge is 0.409 e. The summed E-state index contributed by atoms with van der Waals surface area (Å²) in [5.74, 6) is 0. The van der Waals surface area contributed by atoms with Gasteiger partial charge >= 0.3 is 12.1 Å². The minimum Gasteiger partial charge on any atom is -0.450 e. The molecule has 3 amide bonds. The van der Waals surface area contributed by atoms with Crippen LogP contribution >= 0.6 is 0 Å². The molecular weight excluding hydrogens is 330 g/mol. The normalized spacial score (nSPS) is 19.8. The van der Waals surface area contributed by atoms with Gasteiger partial charge in [0.05, 0.1) is 12.1 Å². The molecule has 0 unspecified atom stereocenters. The Balaban J connectivity index is 1.53. The van der Waals surface area contributed by atoms with Gasteiger partial charge in [0, 0.05) is 19.1 Å². The Bertz CT molecular complexity index is 606. The first-order valence-electron chi connectivity index (χ1n) is 9.69. The van der Waals surface area contributed by atoms with Crippen molar-refractivity contribution < 1.29 is 14.3 Å². The van der Waals surface area contributed by atoms with Gasteiger partial charge in [-0.2, -0.15) is 0 Å². The first kappa shape index (κ1) is 18.5. The quantitative estimate of drug-likeness (QED) is 0.866. The van der Waals surface area contributed by atoms with Gasteiger partial charge in [0.15, 0.2) is 0 Å². The minimum atomic E-state index is -0.260. The van der Waals surface area contributed by atoms with Crippen molar-refractivity contribution >= 4 is 12.1 Å². The van der Waals surface area contributed by atoms with Gasteiger partial charge in [-0.25, -0.2) is 9.59 Å². The molecule has 142 valence electrons. The fraction of sp³-hybridized carbons (Fsp3) is 0.600. The third-order valence-electron chi connectivity index (χ3n) is 5.49. The second kappa shape index (κ2) is 8.43. The lowest BCUT2D eigenvalue weighted by atomic mass is 9.88. The van der Waals surface area contributed by atoms with Crippen LogP contribution in [0.1, 0.15) is 51.0 Å². The lowest BCUT2D eigenvalue weighted by Crippen LogP contribution is -2.53. The lowest BCUT2D eigenvalue weighted by Gasteiger charge is -2.34. The summed E-state index contributed by atoms with van der Waals surface area (Å²) in [4.78, 5) is 26.1. The van der Waals surface area contributed by atoms with E-state index in [4.69, 9.17) is 4.74 Å². The fourth-order valence-electron chi connectivity index (χ4n) is 4.08. The van der Waals surface area contributed by atoms with E-state index in [1.165, 1.54) is 5.56 Å². The molecule has 0 atom stereocenters. The number of piperidine rings is 1. The summed E-state index contributed by atoms with van der Waals surface area (Å²) < 4.78 is 5.04. The highest BCUT2D eigenvalue weighted by atomic mass is 16.6. The van der Waals surface area contributed by atoms with E-state index in [0.717, 1.165) is 38.5 Å². The molecule has 2 aliphatic rings. The molecule has 1 heterocycles. The Morgan fingerprint density at radius 1 is 1.15 bits per heavy atom. The highest BCUT2D eigenvalue weighted by Gasteiger charge is 2.37. The molecule has 1 aliphatic carbocycles. The van der Waals surface area contributed by atoms with Gasteiger partial charge in [0.25, 0.3) is 0 Å². The van der Waals surface area contributed by atoms with Crippen LogP contribution in [-0.2, 0) is 10.3 Å². The zero-order valence-electron chi connectivity index (χ0n) is 15.5.